The van der Waals surface area contributed by atoms with E-state index < -0.39 is 11.7 Å². The van der Waals surface area contributed by atoms with Gasteiger partial charge in [-0.05, 0) is 24.1 Å². The quantitative estimate of drug-likeness (QED) is 0.891. The van der Waals surface area contributed by atoms with Crippen molar-refractivity contribution in [3.63, 3.8) is 0 Å². The Bertz CT molecular complexity index is 684. The fourth-order valence-electron chi connectivity index (χ4n) is 2.72. The molecule has 1 aliphatic heterocycles. The zero-order valence-corrected chi connectivity index (χ0v) is 12.7. The molecular formula is C15H16F3N5O. The van der Waals surface area contributed by atoms with Gasteiger partial charge in [-0.1, -0.05) is 12.1 Å². The number of hydrogen-bond donors (Lipinski definition) is 2. The zero-order valence-electron chi connectivity index (χ0n) is 12.7. The van der Waals surface area contributed by atoms with Gasteiger partial charge in [0.2, 0.25) is 0 Å². The van der Waals surface area contributed by atoms with Crippen molar-refractivity contribution in [3.8, 4) is 0 Å². The first-order valence-corrected chi connectivity index (χ1v) is 7.47. The van der Waals surface area contributed by atoms with Gasteiger partial charge in [0.25, 0.3) is 5.91 Å². The number of halogens is 3. The van der Waals surface area contributed by atoms with E-state index >= 15 is 0 Å². The third-order valence-electron chi connectivity index (χ3n) is 3.94. The lowest BCUT2D eigenvalue weighted by molar-refractivity contribution is -0.137. The first-order chi connectivity index (χ1) is 11.4. The number of carbonyl (C=O) groups is 1. The fraction of sp³-hybridized carbons (Fsp3) is 0.400. The Kier molecular flexibility index (Phi) is 4.52. The van der Waals surface area contributed by atoms with Gasteiger partial charge in [-0.3, -0.25) is 9.69 Å². The average Bonchev–Trinajstić information content (AvgIpc) is 3.19. The van der Waals surface area contributed by atoms with E-state index in [0.29, 0.717) is 13.1 Å². The monoisotopic (exact) mass is 339 g/mol. The van der Waals surface area contributed by atoms with Crippen molar-refractivity contribution in [1.82, 2.24) is 25.6 Å². The highest BCUT2D eigenvalue weighted by Crippen LogP contribution is 2.29. The number of H-pyrrole nitrogens is 1. The molecule has 1 atom stereocenters. The number of aromatic nitrogens is 3. The third kappa shape index (κ3) is 3.91. The van der Waals surface area contributed by atoms with Crippen LogP contribution >= 0.6 is 0 Å². The summed E-state index contributed by atoms with van der Waals surface area (Å²) in [5.41, 5.74) is 0.396. The van der Waals surface area contributed by atoms with Gasteiger partial charge < -0.3 is 5.32 Å². The summed E-state index contributed by atoms with van der Waals surface area (Å²) in [5, 5.41) is 12.6. The molecule has 128 valence electrons. The summed E-state index contributed by atoms with van der Waals surface area (Å²) >= 11 is 0. The molecule has 6 nitrogen and oxygen atoms in total. The van der Waals surface area contributed by atoms with Crippen molar-refractivity contribution in [3.05, 3.63) is 47.3 Å². The minimum Gasteiger partial charge on any atom is -0.347 e. The number of nitrogens with one attached hydrogen (secondary N) is 2. The van der Waals surface area contributed by atoms with Crippen molar-refractivity contribution in [1.29, 1.82) is 0 Å². The summed E-state index contributed by atoms with van der Waals surface area (Å²) in [4.78, 5) is 14.0. The fourth-order valence-corrected chi connectivity index (χ4v) is 2.72. The molecule has 1 aliphatic rings. The zero-order chi connectivity index (χ0) is 17.2. The molecule has 9 heteroatoms. The second kappa shape index (κ2) is 6.60. The van der Waals surface area contributed by atoms with Gasteiger partial charge in [-0.2, -0.15) is 28.6 Å². The molecule has 0 unspecified atom stereocenters. The molecule has 0 spiro atoms. The van der Waals surface area contributed by atoms with E-state index in [1.54, 1.807) is 0 Å². The Morgan fingerprint density at radius 1 is 1.33 bits per heavy atom. The molecule has 0 aliphatic carbocycles. The van der Waals surface area contributed by atoms with Crippen LogP contribution in [0.2, 0.25) is 0 Å². The third-order valence-corrected chi connectivity index (χ3v) is 3.94. The van der Waals surface area contributed by atoms with Crippen molar-refractivity contribution in [2.75, 3.05) is 13.1 Å². The van der Waals surface area contributed by atoms with Gasteiger partial charge in [0.1, 0.15) is 0 Å². The number of amides is 1. The Balaban J connectivity index is 1.52. The van der Waals surface area contributed by atoms with Gasteiger partial charge in [0, 0.05) is 25.7 Å². The van der Waals surface area contributed by atoms with Crippen molar-refractivity contribution in [2.45, 2.75) is 25.2 Å². The lowest BCUT2D eigenvalue weighted by Crippen LogP contribution is -2.37. The van der Waals surface area contributed by atoms with Crippen LogP contribution in [0.25, 0.3) is 0 Å². The second-order valence-corrected chi connectivity index (χ2v) is 5.74. The SMILES string of the molecule is O=C(N[C@@H]1CCN(Cc2ccc(C(F)(F)F)cc2)C1)c1cn[nH]n1. The summed E-state index contributed by atoms with van der Waals surface area (Å²) in [6.45, 7) is 1.96. The molecule has 0 radical (unpaired) electrons. The smallest absolute Gasteiger partial charge is 0.347 e. The number of benzene rings is 1. The molecule has 24 heavy (non-hydrogen) atoms. The highest BCUT2D eigenvalue weighted by molar-refractivity contribution is 5.92. The van der Waals surface area contributed by atoms with Crippen LogP contribution in [-0.4, -0.2) is 45.3 Å². The van der Waals surface area contributed by atoms with Crippen molar-refractivity contribution >= 4 is 5.91 Å². The summed E-state index contributed by atoms with van der Waals surface area (Å²) in [5.74, 6) is -0.287. The predicted octanol–water partition coefficient (Wildman–Crippen LogP) is 1.83. The molecule has 2 N–H and O–H groups in total. The number of hydrogen-bond acceptors (Lipinski definition) is 4. The molecule has 0 bridgehead atoms. The Morgan fingerprint density at radius 2 is 2.08 bits per heavy atom. The summed E-state index contributed by atoms with van der Waals surface area (Å²) < 4.78 is 37.7. The normalized spacial score (nSPS) is 18.7. The van der Waals surface area contributed by atoms with Crippen LogP contribution in [0.3, 0.4) is 0 Å². The number of rotatable bonds is 4. The maximum absolute atomic E-state index is 12.6. The topological polar surface area (TPSA) is 73.9 Å². The lowest BCUT2D eigenvalue weighted by atomic mass is 10.1. The van der Waals surface area contributed by atoms with Crippen LogP contribution in [0.5, 0.6) is 0 Å². The molecule has 2 aromatic rings. The molecule has 1 aromatic heterocycles. The summed E-state index contributed by atoms with van der Waals surface area (Å²) in [6.07, 6.45) is -2.18. The van der Waals surface area contributed by atoms with Gasteiger partial charge in [-0.25, -0.2) is 0 Å². The molecule has 1 saturated heterocycles. The minimum atomic E-state index is -4.32. The number of aromatic amines is 1. The van der Waals surface area contributed by atoms with Crippen LogP contribution in [0.4, 0.5) is 13.2 Å². The second-order valence-electron chi connectivity index (χ2n) is 5.74. The van der Waals surface area contributed by atoms with E-state index in [1.807, 2.05) is 0 Å². The number of likely N-dealkylation sites (tertiary alicyclic amines) is 1. The van der Waals surface area contributed by atoms with Crippen LogP contribution in [-0.2, 0) is 12.7 Å². The Hall–Kier alpha value is -2.42. The standard InChI is InChI=1S/C15H16F3N5O/c16-15(17,18)11-3-1-10(2-4-11)8-23-6-5-12(9-23)20-14(24)13-7-19-22-21-13/h1-4,7,12H,5-6,8-9H2,(H,20,24)(H,19,21,22)/t12-/m1/s1. The predicted molar refractivity (Wildman–Crippen MR) is 79.0 cm³/mol. The van der Waals surface area contributed by atoms with Crippen LogP contribution in [0.1, 0.15) is 28.0 Å². The molecule has 1 aromatic carbocycles. The highest BCUT2D eigenvalue weighted by atomic mass is 19.4. The maximum atomic E-state index is 12.6. The largest absolute Gasteiger partial charge is 0.416 e. The van der Waals surface area contributed by atoms with Crippen molar-refractivity contribution in [2.24, 2.45) is 0 Å². The molecule has 1 fully saturated rings. The van der Waals surface area contributed by atoms with Gasteiger partial charge in [0.15, 0.2) is 5.69 Å². The first kappa shape index (κ1) is 16.4. The minimum absolute atomic E-state index is 0.0105. The number of nitrogens with zero attached hydrogens (tertiary/aromatic N) is 3. The van der Waals surface area contributed by atoms with Crippen LogP contribution in [0.15, 0.2) is 30.5 Å². The molecule has 0 saturated carbocycles. The summed E-state index contributed by atoms with van der Waals surface area (Å²) in [6, 6.07) is 5.15. The molecule has 3 rings (SSSR count). The first-order valence-electron chi connectivity index (χ1n) is 7.47. The lowest BCUT2D eigenvalue weighted by Gasteiger charge is -2.17. The van der Waals surface area contributed by atoms with E-state index in [-0.39, 0.29) is 17.6 Å². The van der Waals surface area contributed by atoms with Crippen LogP contribution < -0.4 is 5.32 Å². The summed E-state index contributed by atoms with van der Waals surface area (Å²) in [7, 11) is 0. The van der Waals surface area contributed by atoms with E-state index in [0.717, 1.165) is 30.7 Å². The number of alkyl halides is 3. The Morgan fingerprint density at radius 3 is 2.71 bits per heavy atom. The van der Waals surface area contributed by atoms with Gasteiger partial charge in [0.05, 0.1) is 11.8 Å². The van der Waals surface area contributed by atoms with Crippen LogP contribution in [0, 0.1) is 0 Å². The van der Waals surface area contributed by atoms with E-state index in [2.05, 4.69) is 25.6 Å². The van der Waals surface area contributed by atoms with E-state index in [1.165, 1.54) is 18.3 Å². The molecule has 1 amide bonds. The molecular weight excluding hydrogens is 323 g/mol. The number of carbonyl (C=O) groups excluding carboxylic acids is 1. The molecule has 2 heterocycles. The van der Waals surface area contributed by atoms with Gasteiger partial charge in [-0.15, -0.1) is 0 Å². The van der Waals surface area contributed by atoms with E-state index in [4.69, 9.17) is 0 Å². The highest BCUT2D eigenvalue weighted by Gasteiger charge is 2.30. The van der Waals surface area contributed by atoms with Gasteiger partial charge >= 0.3 is 6.18 Å². The average molecular weight is 339 g/mol. The maximum Gasteiger partial charge on any atom is 0.416 e. The van der Waals surface area contributed by atoms with Crippen molar-refractivity contribution < 1.29 is 18.0 Å². The van der Waals surface area contributed by atoms with E-state index in [9.17, 15) is 18.0 Å². The Labute approximate surface area is 136 Å².